The number of rotatable bonds is 2. The van der Waals surface area contributed by atoms with E-state index < -0.39 is 17.8 Å². The summed E-state index contributed by atoms with van der Waals surface area (Å²) in [6, 6.07) is 0. The molecule has 76 valence electrons. The molecule has 2 aliphatic carbocycles. The predicted molar refractivity (Wildman–Crippen MR) is 45.3 cm³/mol. The number of aliphatic hydroxyl groups excluding tert-OH is 2. The lowest BCUT2D eigenvalue weighted by atomic mass is 9.89. The highest BCUT2D eigenvalue weighted by Gasteiger charge is 2.63. The van der Waals surface area contributed by atoms with Crippen molar-refractivity contribution in [3.63, 3.8) is 0 Å². The first-order valence-electron chi connectivity index (χ1n) is 4.60. The van der Waals surface area contributed by atoms with Gasteiger partial charge in [-0.1, -0.05) is 0 Å². The molecule has 2 aliphatic rings. The summed E-state index contributed by atoms with van der Waals surface area (Å²) in [6.07, 6.45) is -0.0585. The smallest absolute Gasteiger partial charge is 0.122 e. The van der Waals surface area contributed by atoms with E-state index in [2.05, 4.69) is 0 Å². The van der Waals surface area contributed by atoms with Gasteiger partial charge >= 0.3 is 0 Å². The molecule has 0 aromatic carbocycles. The van der Waals surface area contributed by atoms with Crippen LogP contribution in [0.25, 0.3) is 0 Å². The van der Waals surface area contributed by atoms with Gasteiger partial charge in [-0.3, -0.25) is 0 Å². The van der Waals surface area contributed by atoms with Crippen molar-refractivity contribution in [3.05, 3.63) is 0 Å². The van der Waals surface area contributed by atoms with Gasteiger partial charge in [0.2, 0.25) is 0 Å². The predicted octanol–water partition coefficient (Wildman–Crippen LogP) is -0.468. The SMILES string of the molecule is COC1C2CC(O)C(OC)(C2)C1O. The molecule has 0 heterocycles. The third-order valence-electron chi connectivity index (χ3n) is 3.60. The Labute approximate surface area is 77.5 Å². The first-order valence-corrected chi connectivity index (χ1v) is 4.60. The summed E-state index contributed by atoms with van der Waals surface area (Å²) in [5.41, 5.74) is -0.772. The van der Waals surface area contributed by atoms with Gasteiger partial charge in [-0.25, -0.2) is 0 Å². The summed E-state index contributed by atoms with van der Waals surface area (Å²) in [7, 11) is 3.12. The van der Waals surface area contributed by atoms with E-state index in [1.807, 2.05) is 0 Å². The Kier molecular flexibility index (Phi) is 2.11. The molecule has 2 saturated carbocycles. The number of fused-ring (bicyclic) bond motifs is 2. The van der Waals surface area contributed by atoms with Crippen LogP contribution in [0.15, 0.2) is 0 Å². The summed E-state index contributed by atoms with van der Waals surface area (Å²) in [6.45, 7) is 0. The van der Waals surface area contributed by atoms with Crippen LogP contribution >= 0.6 is 0 Å². The molecule has 2 rings (SSSR count). The molecule has 5 unspecified atom stereocenters. The lowest BCUT2D eigenvalue weighted by Crippen LogP contribution is -2.54. The minimum absolute atomic E-state index is 0.177. The Hall–Kier alpha value is -0.160. The van der Waals surface area contributed by atoms with Crippen LogP contribution in [-0.2, 0) is 9.47 Å². The molecule has 5 atom stereocenters. The maximum Gasteiger partial charge on any atom is 0.122 e. The Balaban J connectivity index is 2.25. The Morgan fingerprint density at radius 3 is 2.46 bits per heavy atom. The molecule has 0 saturated heterocycles. The molecule has 0 spiro atoms. The van der Waals surface area contributed by atoms with Gasteiger partial charge in [-0.15, -0.1) is 0 Å². The van der Waals surface area contributed by atoms with Crippen LogP contribution in [0, 0.1) is 5.92 Å². The molecule has 4 nitrogen and oxygen atoms in total. The molecule has 2 fully saturated rings. The van der Waals surface area contributed by atoms with E-state index in [1.54, 1.807) is 7.11 Å². The van der Waals surface area contributed by atoms with Crippen LogP contribution in [0.1, 0.15) is 12.8 Å². The van der Waals surface area contributed by atoms with Gasteiger partial charge in [0, 0.05) is 14.2 Å². The lowest BCUT2D eigenvalue weighted by molar-refractivity contribution is -0.178. The maximum atomic E-state index is 9.89. The highest BCUT2D eigenvalue weighted by Crippen LogP contribution is 2.50. The van der Waals surface area contributed by atoms with Gasteiger partial charge in [0.25, 0.3) is 0 Å². The van der Waals surface area contributed by atoms with Crippen molar-refractivity contribution in [3.8, 4) is 0 Å². The van der Waals surface area contributed by atoms with Crippen LogP contribution < -0.4 is 0 Å². The molecule has 0 aromatic heterocycles. The second-order valence-corrected chi connectivity index (χ2v) is 4.02. The fraction of sp³-hybridized carbons (Fsp3) is 1.00. The number of ether oxygens (including phenoxy) is 2. The van der Waals surface area contributed by atoms with Gasteiger partial charge in [0.05, 0.1) is 12.2 Å². The minimum Gasteiger partial charge on any atom is -0.390 e. The van der Waals surface area contributed by atoms with Gasteiger partial charge < -0.3 is 19.7 Å². The van der Waals surface area contributed by atoms with Crippen molar-refractivity contribution >= 4 is 0 Å². The molecule has 2 N–H and O–H groups in total. The molecule has 13 heavy (non-hydrogen) atoms. The van der Waals surface area contributed by atoms with E-state index in [-0.39, 0.29) is 12.0 Å². The van der Waals surface area contributed by atoms with Crippen molar-refractivity contribution in [2.45, 2.75) is 36.8 Å². The van der Waals surface area contributed by atoms with Crippen molar-refractivity contribution < 1.29 is 19.7 Å². The fourth-order valence-corrected chi connectivity index (χ4v) is 2.88. The number of aliphatic hydroxyl groups is 2. The van der Waals surface area contributed by atoms with Crippen molar-refractivity contribution in [2.75, 3.05) is 14.2 Å². The lowest BCUT2D eigenvalue weighted by Gasteiger charge is -2.37. The number of hydrogen-bond donors (Lipinski definition) is 2. The number of hydrogen-bond acceptors (Lipinski definition) is 4. The van der Waals surface area contributed by atoms with Crippen LogP contribution in [0.2, 0.25) is 0 Å². The van der Waals surface area contributed by atoms with Crippen molar-refractivity contribution in [2.24, 2.45) is 5.92 Å². The summed E-state index contributed by atoms with van der Waals surface area (Å²) >= 11 is 0. The zero-order valence-corrected chi connectivity index (χ0v) is 7.93. The summed E-state index contributed by atoms with van der Waals surface area (Å²) < 4.78 is 10.5. The first kappa shape index (κ1) is 9.40. The quantitative estimate of drug-likeness (QED) is 0.615. The molecular formula is C9H16O4. The topological polar surface area (TPSA) is 58.9 Å². The highest BCUT2D eigenvalue weighted by atomic mass is 16.5. The average molecular weight is 188 g/mol. The summed E-state index contributed by atoms with van der Waals surface area (Å²) in [5, 5.41) is 19.6. The molecule has 0 aliphatic heterocycles. The van der Waals surface area contributed by atoms with Crippen LogP contribution in [-0.4, -0.2) is 48.3 Å². The maximum absolute atomic E-state index is 9.89. The van der Waals surface area contributed by atoms with Crippen LogP contribution in [0.4, 0.5) is 0 Å². The molecule has 0 aromatic rings. The zero-order chi connectivity index (χ0) is 9.64. The van der Waals surface area contributed by atoms with E-state index in [1.165, 1.54) is 7.11 Å². The van der Waals surface area contributed by atoms with Crippen LogP contribution in [0.3, 0.4) is 0 Å². The third-order valence-corrected chi connectivity index (χ3v) is 3.60. The Bertz CT molecular complexity index is 208. The monoisotopic (exact) mass is 188 g/mol. The van der Waals surface area contributed by atoms with Gasteiger partial charge in [-0.05, 0) is 18.8 Å². The minimum atomic E-state index is -0.772. The molecule has 0 amide bonds. The van der Waals surface area contributed by atoms with E-state index in [9.17, 15) is 10.2 Å². The Morgan fingerprint density at radius 2 is 2.00 bits per heavy atom. The standard InChI is InChI=1S/C9H16O4/c1-12-7-5-3-6(10)9(4-5,13-2)8(7)11/h5-8,10-11H,3-4H2,1-2H3. The molecular weight excluding hydrogens is 172 g/mol. The van der Waals surface area contributed by atoms with Gasteiger partial charge in [0.15, 0.2) is 0 Å². The largest absolute Gasteiger partial charge is 0.390 e. The van der Waals surface area contributed by atoms with E-state index in [0.717, 1.165) is 0 Å². The van der Waals surface area contributed by atoms with Crippen molar-refractivity contribution in [1.82, 2.24) is 0 Å². The summed E-state index contributed by atoms with van der Waals surface area (Å²) in [4.78, 5) is 0. The van der Waals surface area contributed by atoms with E-state index >= 15 is 0 Å². The van der Waals surface area contributed by atoms with Crippen LogP contribution in [0.5, 0.6) is 0 Å². The molecule has 2 bridgehead atoms. The summed E-state index contributed by atoms with van der Waals surface area (Å²) in [5.74, 6) is 0.231. The highest BCUT2D eigenvalue weighted by molar-refractivity contribution is 5.14. The van der Waals surface area contributed by atoms with E-state index in [0.29, 0.717) is 12.8 Å². The molecule has 4 heteroatoms. The second-order valence-electron chi connectivity index (χ2n) is 4.02. The zero-order valence-electron chi connectivity index (χ0n) is 7.93. The van der Waals surface area contributed by atoms with Gasteiger partial charge in [0.1, 0.15) is 11.7 Å². The van der Waals surface area contributed by atoms with E-state index in [4.69, 9.17) is 9.47 Å². The normalized spacial score (nSPS) is 54.5. The fourth-order valence-electron chi connectivity index (χ4n) is 2.88. The Morgan fingerprint density at radius 1 is 1.31 bits per heavy atom. The van der Waals surface area contributed by atoms with Crippen molar-refractivity contribution in [1.29, 1.82) is 0 Å². The first-order chi connectivity index (χ1) is 6.15. The second kappa shape index (κ2) is 2.92. The average Bonchev–Trinajstić information content (AvgIpc) is 2.57. The third kappa shape index (κ3) is 1.00. The van der Waals surface area contributed by atoms with Gasteiger partial charge in [-0.2, -0.15) is 0 Å². The number of methoxy groups -OCH3 is 2. The molecule has 0 radical (unpaired) electrons.